The maximum absolute atomic E-state index is 6.03. The van der Waals surface area contributed by atoms with Gasteiger partial charge in [0.15, 0.2) is 0 Å². The highest BCUT2D eigenvalue weighted by molar-refractivity contribution is 4.94. The molecule has 1 nitrogen and oxygen atoms in total. The van der Waals surface area contributed by atoms with E-state index < -0.39 is 0 Å². The molecule has 0 bridgehead atoms. The molecule has 1 saturated carbocycles. The molecular weight excluding hydrogens is 196 g/mol. The van der Waals surface area contributed by atoms with E-state index in [9.17, 15) is 0 Å². The molecule has 3 unspecified atom stereocenters. The van der Waals surface area contributed by atoms with Crippen LogP contribution in [0.15, 0.2) is 25.3 Å². The molecule has 1 heteroatoms. The van der Waals surface area contributed by atoms with Crippen LogP contribution < -0.4 is 0 Å². The minimum atomic E-state index is 0.565. The first kappa shape index (κ1) is 11.9. The molecule has 0 aromatic rings. The van der Waals surface area contributed by atoms with Crippen molar-refractivity contribution in [3.63, 3.8) is 0 Å². The summed E-state index contributed by atoms with van der Waals surface area (Å²) in [6.45, 7) is 8.62. The van der Waals surface area contributed by atoms with Gasteiger partial charge in [0, 0.05) is 0 Å². The third-order valence-corrected chi connectivity index (χ3v) is 4.35. The van der Waals surface area contributed by atoms with Crippen LogP contribution >= 0.6 is 0 Å². The smallest absolute Gasteiger partial charge is 0.0635 e. The average molecular weight is 220 g/mol. The van der Waals surface area contributed by atoms with E-state index >= 15 is 0 Å². The Balaban J connectivity index is 1.85. The van der Waals surface area contributed by atoms with Crippen LogP contribution in [-0.2, 0) is 4.74 Å². The third-order valence-electron chi connectivity index (χ3n) is 4.35. The molecule has 16 heavy (non-hydrogen) atoms. The van der Waals surface area contributed by atoms with Crippen molar-refractivity contribution in [3.8, 4) is 0 Å². The van der Waals surface area contributed by atoms with E-state index in [0.717, 1.165) is 37.2 Å². The van der Waals surface area contributed by atoms with Crippen molar-refractivity contribution in [2.24, 2.45) is 17.8 Å². The molecule has 2 rings (SSSR count). The first-order valence-electron chi connectivity index (χ1n) is 6.70. The second-order valence-electron chi connectivity index (χ2n) is 5.29. The Bertz CT molecular complexity index is 220. The van der Waals surface area contributed by atoms with Crippen LogP contribution in [0.5, 0.6) is 0 Å². The van der Waals surface area contributed by atoms with Crippen molar-refractivity contribution >= 4 is 0 Å². The van der Waals surface area contributed by atoms with E-state index in [-0.39, 0.29) is 0 Å². The molecule has 2 fully saturated rings. The highest BCUT2D eigenvalue weighted by Crippen LogP contribution is 2.46. The van der Waals surface area contributed by atoms with Crippen LogP contribution in [0.2, 0.25) is 0 Å². The summed E-state index contributed by atoms with van der Waals surface area (Å²) in [5.74, 6) is 2.45. The van der Waals surface area contributed by atoms with E-state index in [2.05, 4.69) is 13.2 Å². The number of ether oxygens (including phenoxy) is 1. The monoisotopic (exact) mass is 220 g/mol. The lowest BCUT2D eigenvalue weighted by Gasteiger charge is -2.18. The average Bonchev–Trinajstić information content (AvgIpc) is 2.86. The Labute approximate surface area is 99.6 Å². The highest BCUT2D eigenvalue weighted by atomic mass is 16.5. The number of rotatable bonds is 6. The Morgan fingerprint density at radius 1 is 1.00 bits per heavy atom. The molecule has 1 aliphatic heterocycles. The van der Waals surface area contributed by atoms with E-state index in [4.69, 9.17) is 4.74 Å². The van der Waals surface area contributed by atoms with Gasteiger partial charge in [-0.25, -0.2) is 0 Å². The number of allylic oxidation sites excluding steroid dienone is 2. The minimum absolute atomic E-state index is 0.565. The standard InChI is InChI=1S/C15H24O/c1-3-5-7-12-9-10-14-13(8-6-4-2)11-16-15(12)14/h3-4,12-15H,1-2,5-11H2/t12-,13?,14?,15?/m0/s1. The van der Waals surface area contributed by atoms with Crippen LogP contribution in [0.4, 0.5) is 0 Å². The normalized spacial score (nSPS) is 37.2. The molecule has 90 valence electrons. The first-order valence-corrected chi connectivity index (χ1v) is 6.70. The third kappa shape index (κ3) is 2.40. The molecule has 1 aliphatic carbocycles. The van der Waals surface area contributed by atoms with Gasteiger partial charge in [0.05, 0.1) is 12.7 Å². The Kier molecular flexibility index (Phi) is 4.22. The summed E-state index contributed by atoms with van der Waals surface area (Å²) in [7, 11) is 0. The van der Waals surface area contributed by atoms with E-state index in [1.165, 1.54) is 25.7 Å². The molecule has 0 aromatic heterocycles. The van der Waals surface area contributed by atoms with Gasteiger partial charge in [0.25, 0.3) is 0 Å². The molecule has 0 radical (unpaired) electrons. The van der Waals surface area contributed by atoms with Gasteiger partial charge in [0.1, 0.15) is 0 Å². The van der Waals surface area contributed by atoms with E-state index in [0.29, 0.717) is 6.10 Å². The summed E-state index contributed by atoms with van der Waals surface area (Å²) in [6, 6.07) is 0. The Morgan fingerprint density at radius 3 is 2.38 bits per heavy atom. The fraction of sp³-hybridized carbons (Fsp3) is 0.733. The summed E-state index contributed by atoms with van der Waals surface area (Å²) in [4.78, 5) is 0. The largest absolute Gasteiger partial charge is 0.377 e. The maximum Gasteiger partial charge on any atom is 0.0635 e. The van der Waals surface area contributed by atoms with Crippen molar-refractivity contribution in [1.82, 2.24) is 0 Å². The van der Waals surface area contributed by atoms with Crippen LogP contribution in [0.3, 0.4) is 0 Å². The summed E-state index contributed by atoms with van der Waals surface area (Å²) < 4.78 is 6.03. The molecule has 1 saturated heterocycles. The van der Waals surface area contributed by atoms with Gasteiger partial charge in [-0.15, -0.1) is 13.2 Å². The number of hydrogen-bond acceptors (Lipinski definition) is 1. The maximum atomic E-state index is 6.03. The van der Waals surface area contributed by atoms with Crippen molar-refractivity contribution in [2.75, 3.05) is 6.61 Å². The van der Waals surface area contributed by atoms with Gasteiger partial charge < -0.3 is 4.74 Å². The molecule has 2 aliphatic rings. The molecule has 1 heterocycles. The zero-order valence-electron chi connectivity index (χ0n) is 10.2. The van der Waals surface area contributed by atoms with Crippen LogP contribution in [-0.4, -0.2) is 12.7 Å². The van der Waals surface area contributed by atoms with Crippen LogP contribution in [0.1, 0.15) is 38.5 Å². The van der Waals surface area contributed by atoms with E-state index in [1.807, 2.05) is 12.2 Å². The van der Waals surface area contributed by atoms with Crippen molar-refractivity contribution < 1.29 is 4.74 Å². The SMILES string of the molecule is C=CCCC1COC2C1CC[C@@H]2CCC=C. The predicted octanol–water partition coefficient (Wildman–Crippen LogP) is 3.96. The van der Waals surface area contributed by atoms with Gasteiger partial charge in [-0.2, -0.15) is 0 Å². The summed E-state index contributed by atoms with van der Waals surface area (Å²) >= 11 is 0. The van der Waals surface area contributed by atoms with E-state index in [1.54, 1.807) is 0 Å². The molecule has 0 N–H and O–H groups in total. The number of hydrogen-bond donors (Lipinski definition) is 0. The zero-order valence-corrected chi connectivity index (χ0v) is 10.2. The second kappa shape index (κ2) is 5.67. The van der Waals surface area contributed by atoms with Crippen molar-refractivity contribution in [3.05, 3.63) is 25.3 Å². The molecular formula is C15H24O. The van der Waals surface area contributed by atoms with Crippen molar-refractivity contribution in [2.45, 2.75) is 44.6 Å². The first-order chi connectivity index (χ1) is 7.86. The number of fused-ring (bicyclic) bond motifs is 1. The molecule has 0 spiro atoms. The molecule has 0 amide bonds. The summed E-state index contributed by atoms with van der Waals surface area (Å²) in [5.41, 5.74) is 0. The van der Waals surface area contributed by atoms with Gasteiger partial charge in [-0.3, -0.25) is 0 Å². The van der Waals surface area contributed by atoms with Gasteiger partial charge in [-0.1, -0.05) is 12.2 Å². The Hall–Kier alpha value is -0.560. The van der Waals surface area contributed by atoms with Gasteiger partial charge in [0.2, 0.25) is 0 Å². The lowest BCUT2D eigenvalue weighted by Crippen LogP contribution is -2.20. The second-order valence-corrected chi connectivity index (χ2v) is 5.29. The fourth-order valence-corrected chi connectivity index (χ4v) is 3.48. The highest BCUT2D eigenvalue weighted by Gasteiger charge is 2.44. The van der Waals surface area contributed by atoms with Crippen LogP contribution in [0, 0.1) is 17.8 Å². The quantitative estimate of drug-likeness (QED) is 0.616. The zero-order chi connectivity index (χ0) is 11.4. The summed E-state index contributed by atoms with van der Waals surface area (Å²) in [5, 5.41) is 0. The van der Waals surface area contributed by atoms with Gasteiger partial charge >= 0.3 is 0 Å². The lowest BCUT2D eigenvalue weighted by molar-refractivity contribution is 0.0619. The minimum Gasteiger partial charge on any atom is -0.377 e. The Morgan fingerprint density at radius 2 is 1.69 bits per heavy atom. The van der Waals surface area contributed by atoms with Crippen molar-refractivity contribution in [1.29, 1.82) is 0 Å². The molecule has 0 aromatic carbocycles. The van der Waals surface area contributed by atoms with Gasteiger partial charge in [-0.05, 0) is 56.3 Å². The molecule has 4 atom stereocenters. The topological polar surface area (TPSA) is 9.23 Å². The predicted molar refractivity (Wildman–Crippen MR) is 68.3 cm³/mol. The summed E-state index contributed by atoms with van der Waals surface area (Å²) in [6.07, 6.45) is 12.2. The lowest BCUT2D eigenvalue weighted by atomic mass is 9.87. The van der Waals surface area contributed by atoms with Crippen LogP contribution in [0.25, 0.3) is 0 Å². The fourth-order valence-electron chi connectivity index (χ4n) is 3.48.